The molecule has 1 N–H and O–H groups in total. The van der Waals surface area contributed by atoms with Crippen molar-refractivity contribution in [3.8, 4) is 5.75 Å². The molecule has 0 amide bonds. The quantitative estimate of drug-likeness (QED) is 0.390. The second kappa shape index (κ2) is 10.4. The second-order valence-corrected chi connectivity index (χ2v) is 9.18. The maximum absolute atomic E-state index is 12.0. The van der Waals surface area contributed by atoms with Gasteiger partial charge in [0, 0.05) is 43.1 Å². The van der Waals surface area contributed by atoms with E-state index in [0.29, 0.717) is 22.2 Å². The first-order valence-electron chi connectivity index (χ1n) is 11.7. The zero-order valence-corrected chi connectivity index (χ0v) is 19.6. The molecule has 0 unspecified atom stereocenters. The van der Waals surface area contributed by atoms with Crippen LogP contribution < -0.4 is 10.3 Å². The van der Waals surface area contributed by atoms with Gasteiger partial charge in [0.15, 0.2) is 0 Å². The van der Waals surface area contributed by atoms with Crippen LogP contribution in [0.25, 0.3) is 10.8 Å². The SMILES string of the molecule is O=c1[nH]ccc2cc(OC3CCC(N(Cc4ccccn4)Cc4ccccn4)CC3)c(Cl)cc12. The molecule has 7 heteroatoms. The molecule has 1 saturated carbocycles. The third-order valence-corrected chi connectivity index (χ3v) is 6.76. The number of pyridine rings is 3. The smallest absolute Gasteiger partial charge is 0.255 e. The molecule has 1 fully saturated rings. The van der Waals surface area contributed by atoms with E-state index in [0.717, 1.165) is 55.5 Å². The van der Waals surface area contributed by atoms with Crippen LogP contribution in [-0.2, 0) is 13.1 Å². The summed E-state index contributed by atoms with van der Waals surface area (Å²) in [7, 11) is 0. The maximum Gasteiger partial charge on any atom is 0.255 e. The van der Waals surface area contributed by atoms with Gasteiger partial charge in [-0.15, -0.1) is 0 Å². The lowest BCUT2D eigenvalue weighted by Gasteiger charge is -2.36. The molecule has 0 saturated heterocycles. The third kappa shape index (κ3) is 5.29. The summed E-state index contributed by atoms with van der Waals surface area (Å²) < 4.78 is 6.31. The van der Waals surface area contributed by atoms with Gasteiger partial charge in [-0.1, -0.05) is 23.7 Å². The van der Waals surface area contributed by atoms with Crippen molar-refractivity contribution in [2.45, 2.75) is 50.9 Å². The van der Waals surface area contributed by atoms with E-state index in [-0.39, 0.29) is 11.7 Å². The summed E-state index contributed by atoms with van der Waals surface area (Å²) >= 11 is 6.45. The minimum absolute atomic E-state index is 0.0970. The fraction of sp³-hybridized carbons (Fsp3) is 0.296. The molecule has 3 aromatic heterocycles. The summed E-state index contributed by atoms with van der Waals surface area (Å²) in [4.78, 5) is 26.3. The van der Waals surface area contributed by atoms with Gasteiger partial charge in [0.1, 0.15) is 5.75 Å². The number of ether oxygens (including phenoxy) is 1. The van der Waals surface area contributed by atoms with Crippen LogP contribution >= 0.6 is 11.6 Å². The van der Waals surface area contributed by atoms with Crippen LogP contribution in [0.3, 0.4) is 0 Å². The highest BCUT2D eigenvalue weighted by Crippen LogP contribution is 2.33. The van der Waals surface area contributed by atoms with Crippen LogP contribution in [-0.4, -0.2) is 32.0 Å². The lowest BCUT2D eigenvalue weighted by Crippen LogP contribution is -2.39. The normalized spacial score (nSPS) is 18.3. The number of benzene rings is 1. The van der Waals surface area contributed by atoms with Crippen molar-refractivity contribution in [1.82, 2.24) is 19.9 Å². The lowest BCUT2D eigenvalue weighted by molar-refractivity contribution is 0.0781. The van der Waals surface area contributed by atoms with E-state index in [4.69, 9.17) is 16.3 Å². The molecule has 6 nitrogen and oxygen atoms in total. The molecule has 3 heterocycles. The van der Waals surface area contributed by atoms with Gasteiger partial charge in [0.25, 0.3) is 5.56 Å². The number of hydrogen-bond acceptors (Lipinski definition) is 5. The minimum Gasteiger partial charge on any atom is -0.489 e. The van der Waals surface area contributed by atoms with Crippen LogP contribution in [0.2, 0.25) is 5.02 Å². The van der Waals surface area contributed by atoms with E-state index in [1.54, 1.807) is 12.3 Å². The fourth-order valence-corrected chi connectivity index (χ4v) is 4.91. The van der Waals surface area contributed by atoms with Crippen molar-refractivity contribution in [3.63, 3.8) is 0 Å². The van der Waals surface area contributed by atoms with Gasteiger partial charge in [0.05, 0.1) is 22.5 Å². The lowest BCUT2D eigenvalue weighted by atomic mass is 9.91. The van der Waals surface area contributed by atoms with E-state index in [1.807, 2.05) is 48.8 Å². The van der Waals surface area contributed by atoms with Crippen LogP contribution in [0.5, 0.6) is 5.75 Å². The Hall–Kier alpha value is -3.22. The van der Waals surface area contributed by atoms with Crippen molar-refractivity contribution in [2.75, 3.05) is 0 Å². The number of halogens is 1. The number of nitrogens with zero attached hydrogens (tertiary/aromatic N) is 3. The average molecular weight is 475 g/mol. The zero-order chi connectivity index (χ0) is 23.3. The molecule has 174 valence electrons. The zero-order valence-electron chi connectivity index (χ0n) is 18.9. The Kier molecular flexibility index (Phi) is 6.88. The third-order valence-electron chi connectivity index (χ3n) is 6.46. The molecular formula is C27H27ClN4O2. The van der Waals surface area contributed by atoms with E-state index >= 15 is 0 Å². The van der Waals surface area contributed by atoms with Crippen molar-refractivity contribution < 1.29 is 4.74 Å². The topological polar surface area (TPSA) is 71.1 Å². The largest absolute Gasteiger partial charge is 0.489 e. The Labute approximate surface area is 203 Å². The van der Waals surface area contributed by atoms with Crippen LogP contribution in [0.1, 0.15) is 37.1 Å². The van der Waals surface area contributed by atoms with Gasteiger partial charge in [0.2, 0.25) is 0 Å². The molecule has 0 radical (unpaired) electrons. The summed E-state index contributed by atoms with van der Waals surface area (Å²) in [6.45, 7) is 1.58. The predicted molar refractivity (Wildman–Crippen MR) is 134 cm³/mol. The monoisotopic (exact) mass is 474 g/mol. The van der Waals surface area contributed by atoms with Crippen LogP contribution in [0.4, 0.5) is 0 Å². The molecule has 0 atom stereocenters. The van der Waals surface area contributed by atoms with Crippen LogP contribution in [0, 0.1) is 0 Å². The van der Waals surface area contributed by atoms with Gasteiger partial charge in [-0.25, -0.2) is 0 Å². The first-order valence-corrected chi connectivity index (χ1v) is 12.0. The minimum atomic E-state index is -0.146. The van der Waals surface area contributed by atoms with E-state index in [9.17, 15) is 4.79 Å². The second-order valence-electron chi connectivity index (χ2n) is 8.77. The molecular weight excluding hydrogens is 448 g/mol. The fourth-order valence-electron chi connectivity index (χ4n) is 4.70. The summed E-state index contributed by atoms with van der Waals surface area (Å²) in [6.07, 6.45) is 9.36. The molecule has 0 spiro atoms. The van der Waals surface area contributed by atoms with Gasteiger partial charge in [-0.2, -0.15) is 0 Å². The van der Waals surface area contributed by atoms with Gasteiger partial charge < -0.3 is 9.72 Å². The van der Waals surface area contributed by atoms with Crippen molar-refractivity contribution >= 4 is 22.4 Å². The van der Waals surface area contributed by atoms with Gasteiger partial charge in [-0.05, 0) is 73.5 Å². The molecule has 0 bridgehead atoms. The Bertz CT molecular complexity index is 1250. The summed E-state index contributed by atoms with van der Waals surface area (Å²) in [5.74, 6) is 0.641. The number of aromatic nitrogens is 3. The number of hydrogen-bond donors (Lipinski definition) is 1. The Morgan fingerprint density at radius 3 is 2.24 bits per heavy atom. The van der Waals surface area contributed by atoms with Crippen molar-refractivity contribution in [2.24, 2.45) is 0 Å². The number of aromatic amines is 1. The highest BCUT2D eigenvalue weighted by Gasteiger charge is 2.28. The molecule has 1 aliphatic carbocycles. The first-order chi connectivity index (χ1) is 16.7. The Morgan fingerprint density at radius 1 is 0.941 bits per heavy atom. The molecule has 4 aromatic rings. The summed E-state index contributed by atoms with van der Waals surface area (Å²) in [5.41, 5.74) is 1.98. The number of rotatable bonds is 7. The molecule has 34 heavy (non-hydrogen) atoms. The maximum atomic E-state index is 12.0. The molecule has 0 aliphatic heterocycles. The Morgan fingerprint density at radius 2 is 1.62 bits per heavy atom. The highest BCUT2D eigenvalue weighted by molar-refractivity contribution is 6.32. The molecule has 1 aromatic carbocycles. The molecule has 1 aliphatic rings. The number of fused-ring (bicyclic) bond motifs is 1. The van der Waals surface area contributed by atoms with Crippen LogP contribution in [0.15, 0.2) is 78.0 Å². The van der Waals surface area contributed by atoms with Gasteiger partial charge >= 0.3 is 0 Å². The number of nitrogens with one attached hydrogen (secondary N) is 1. The van der Waals surface area contributed by atoms with Gasteiger partial charge in [-0.3, -0.25) is 19.7 Å². The highest BCUT2D eigenvalue weighted by atomic mass is 35.5. The summed E-state index contributed by atoms with van der Waals surface area (Å²) in [6, 6.07) is 18.0. The van der Waals surface area contributed by atoms with E-state index < -0.39 is 0 Å². The number of H-pyrrole nitrogens is 1. The predicted octanol–water partition coefficient (Wildman–Crippen LogP) is 5.36. The standard InChI is InChI=1S/C27H27ClN4O2/c28-25-16-24-19(11-14-31-27(24)33)15-26(25)34-23-9-7-22(8-10-23)32(17-20-5-1-3-12-29-20)18-21-6-2-4-13-30-21/h1-6,11-16,22-23H,7-10,17-18H2,(H,31,33). The van der Waals surface area contributed by atoms with E-state index in [1.165, 1.54) is 0 Å². The van der Waals surface area contributed by atoms with E-state index in [2.05, 4.69) is 32.0 Å². The Balaban J connectivity index is 1.27. The van der Waals surface area contributed by atoms with Crippen molar-refractivity contribution in [3.05, 3.63) is 100.0 Å². The average Bonchev–Trinajstić information content (AvgIpc) is 2.87. The molecule has 5 rings (SSSR count). The summed E-state index contributed by atoms with van der Waals surface area (Å²) in [5, 5.41) is 1.87. The van der Waals surface area contributed by atoms with Crippen molar-refractivity contribution in [1.29, 1.82) is 0 Å². The first kappa shape index (κ1) is 22.6.